The van der Waals surface area contributed by atoms with Gasteiger partial charge in [0.2, 0.25) is 0 Å². The van der Waals surface area contributed by atoms with Crippen LogP contribution in [0, 0.1) is 6.92 Å². The normalized spacial score (nSPS) is 11.8. The first kappa shape index (κ1) is 23.9. The number of carbonyl (C=O) groups is 1. The third-order valence-electron chi connectivity index (χ3n) is 5.72. The van der Waals surface area contributed by atoms with Gasteiger partial charge in [0.05, 0.1) is 24.9 Å². The quantitative estimate of drug-likeness (QED) is 0.377. The van der Waals surface area contributed by atoms with Gasteiger partial charge >= 0.3 is 11.7 Å². The van der Waals surface area contributed by atoms with Gasteiger partial charge in [-0.15, -0.1) is 4.80 Å². The average molecular weight is 548 g/mol. The summed E-state index contributed by atoms with van der Waals surface area (Å²) in [6.07, 6.45) is 3.44. The number of methoxy groups -OCH3 is 1. The molecule has 1 aromatic carbocycles. The van der Waals surface area contributed by atoms with Crippen molar-refractivity contribution in [3.63, 3.8) is 0 Å². The number of ether oxygens (including phenoxy) is 1. The molecule has 0 fully saturated rings. The van der Waals surface area contributed by atoms with Gasteiger partial charge in [0.15, 0.2) is 0 Å². The Bertz CT molecular complexity index is 1520. The molecule has 0 bridgehead atoms. The number of aryl methyl sites for hydroxylation is 3. The molecule has 178 valence electrons. The van der Waals surface area contributed by atoms with Crippen LogP contribution < -0.4 is 16.0 Å². The van der Waals surface area contributed by atoms with Gasteiger partial charge in [-0.25, -0.2) is 14.2 Å². The van der Waals surface area contributed by atoms with E-state index in [1.807, 2.05) is 18.2 Å². The second kappa shape index (κ2) is 8.84. The predicted octanol–water partition coefficient (Wildman–Crippen LogP) is 2.95. The molecule has 0 saturated carbocycles. The van der Waals surface area contributed by atoms with E-state index in [0.29, 0.717) is 27.6 Å². The Hall–Kier alpha value is -3.25. The van der Waals surface area contributed by atoms with E-state index in [4.69, 9.17) is 4.74 Å². The Labute approximate surface area is 206 Å². The highest BCUT2D eigenvalue weighted by molar-refractivity contribution is 9.10. The summed E-state index contributed by atoms with van der Waals surface area (Å²) in [4.78, 5) is 40.9. The molecule has 0 radical (unpaired) electrons. The fourth-order valence-corrected chi connectivity index (χ4v) is 5.45. The summed E-state index contributed by atoms with van der Waals surface area (Å²) in [5.74, 6) is -0.622. The number of benzene rings is 1. The maximum Gasteiger partial charge on any atom is 0.333 e. The van der Waals surface area contributed by atoms with Gasteiger partial charge in [-0.1, -0.05) is 27.3 Å². The first-order valence-electron chi connectivity index (χ1n) is 10.3. The molecule has 0 atom stereocenters. The van der Waals surface area contributed by atoms with Crippen molar-refractivity contribution in [2.75, 3.05) is 7.11 Å². The lowest BCUT2D eigenvalue weighted by Gasteiger charge is -2.23. The summed E-state index contributed by atoms with van der Waals surface area (Å²) >= 11 is 4.67. The second-order valence-corrected chi connectivity index (χ2v) is 10.1. The number of rotatable bonds is 7. The predicted molar refractivity (Wildman–Crippen MR) is 131 cm³/mol. The van der Waals surface area contributed by atoms with Crippen molar-refractivity contribution >= 4 is 43.5 Å². The van der Waals surface area contributed by atoms with Crippen LogP contribution in [0.25, 0.3) is 15.2 Å². The van der Waals surface area contributed by atoms with Crippen LogP contribution in [0.5, 0.6) is 5.75 Å². The number of nitrogens with zero attached hydrogens (tertiary/aromatic N) is 5. The van der Waals surface area contributed by atoms with E-state index in [1.165, 1.54) is 46.9 Å². The molecular weight excluding hydrogens is 526 g/mol. The highest BCUT2D eigenvalue weighted by Crippen LogP contribution is 2.31. The maximum absolute atomic E-state index is 13.6. The SMILES string of the molecule is COc1ccc(Br)cc1CCn1c(=O)n(C(C)(C)C(=O)O)c(=O)c2c(C)c(-n3nccn3)sc21. The minimum atomic E-state index is -1.75. The molecule has 0 amide bonds. The minimum absolute atomic E-state index is 0.198. The molecule has 0 spiro atoms. The van der Waals surface area contributed by atoms with Crippen molar-refractivity contribution < 1.29 is 14.6 Å². The number of carboxylic acid groups (broad SMARTS) is 1. The first-order chi connectivity index (χ1) is 16.1. The summed E-state index contributed by atoms with van der Waals surface area (Å²) in [5, 5.41) is 18.9. The van der Waals surface area contributed by atoms with Crippen LogP contribution in [0.1, 0.15) is 25.0 Å². The van der Waals surface area contributed by atoms with Gasteiger partial charge in [-0.05, 0) is 51.0 Å². The highest BCUT2D eigenvalue weighted by atomic mass is 79.9. The fraction of sp³-hybridized carbons (Fsp3) is 0.318. The fourth-order valence-electron chi connectivity index (χ4n) is 3.81. The molecule has 3 aromatic heterocycles. The molecule has 4 rings (SSSR count). The van der Waals surface area contributed by atoms with Crippen molar-refractivity contribution in [3.8, 4) is 10.8 Å². The summed E-state index contributed by atoms with van der Waals surface area (Å²) in [5.41, 5.74) is -1.67. The van der Waals surface area contributed by atoms with E-state index in [-0.39, 0.29) is 11.9 Å². The molecule has 0 aliphatic carbocycles. The molecule has 0 aliphatic rings. The van der Waals surface area contributed by atoms with E-state index >= 15 is 0 Å². The number of aromatic nitrogens is 5. The molecule has 0 saturated heterocycles. The molecule has 0 unspecified atom stereocenters. The van der Waals surface area contributed by atoms with Gasteiger partial charge in [0, 0.05) is 16.6 Å². The zero-order valence-electron chi connectivity index (χ0n) is 18.9. The number of thiophene rings is 1. The van der Waals surface area contributed by atoms with Crippen molar-refractivity contribution in [1.29, 1.82) is 0 Å². The Kier molecular flexibility index (Phi) is 6.21. The van der Waals surface area contributed by atoms with Crippen molar-refractivity contribution in [2.45, 2.75) is 39.3 Å². The molecule has 10 nitrogen and oxygen atoms in total. The van der Waals surface area contributed by atoms with Crippen molar-refractivity contribution in [3.05, 3.63) is 67.0 Å². The van der Waals surface area contributed by atoms with Crippen LogP contribution in [0.4, 0.5) is 0 Å². The number of aliphatic carboxylic acids is 1. The lowest BCUT2D eigenvalue weighted by atomic mass is 10.1. The minimum Gasteiger partial charge on any atom is -0.496 e. The van der Waals surface area contributed by atoms with Crippen LogP contribution in [-0.2, 0) is 23.3 Å². The van der Waals surface area contributed by atoms with Gasteiger partial charge in [0.25, 0.3) is 5.56 Å². The summed E-state index contributed by atoms with van der Waals surface area (Å²) in [6.45, 7) is 4.61. The van der Waals surface area contributed by atoms with Gasteiger partial charge in [0.1, 0.15) is 21.1 Å². The molecule has 4 aromatic rings. The summed E-state index contributed by atoms with van der Waals surface area (Å²) in [6, 6.07) is 5.58. The second-order valence-electron chi connectivity index (χ2n) is 8.18. The maximum atomic E-state index is 13.6. The zero-order valence-corrected chi connectivity index (χ0v) is 21.3. The van der Waals surface area contributed by atoms with Crippen LogP contribution in [0.3, 0.4) is 0 Å². The summed E-state index contributed by atoms with van der Waals surface area (Å²) < 4.78 is 8.57. The number of halogens is 1. The molecule has 3 heterocycles. The number of fused-ring (bicyclic) bond motifs is 1. The molecule has 0 aliphatic heterocycles. The molecule has 34 heavy (non-hydrogen) atoms. The number of carboxylic acids is 1. The average Bonchev–Trinajstić information content (AvgIpc) is 3.41. The monoisotopic (exact) mass is 547 g/mol. The van der Waals surface area contributed by atoms with E-state index in [9.17, 15) is 19.5 Å². The molecule has 12 heteroatoms. The Morgan fingerprint density at radius 3 is 2.53 bits per heavy atom. The van der Waals surface area contributed by atoms with E-state index < -0.39 is 22.8 Å². The highest BCUT2D eigenvalue weighted by Gasteiger charge is 2.35. The van der Waals surface area contributed by atoms with Crippen LogP contribution in [0.2, 0.25) is 0 Å². The van der Waals surface area contributed by atoms with Crippen molar-refractivity contribution in [2.24, 2.45) is 0 Å². The zero-order chi connectivity index (χ0) is 24.8. The lowest BCUT2D eigenvalue weighted by molar-refractivity contribution is -0.146. The standard InChI is InChI=1S/C22H22BrN5O5S/c1-12-16-17(29)27(22(2,3)20(30)31)21(32)26(19(16)34-18(12)28-24-8-9-25-28)10-7-13-11-14(23)5-6-15(13)33-4/h5-6,8-9,11H,7,10H2,1-4H3,(H,30,31). The van der Waals surface area contributed by atoms with E-state index in [1.54, 1.807) is 14.0 Å². The van der Waals surface area contributed by atoms with Gasteiger partial charge in [-0.3, -0.25) is 9.36 Å². The largest absolute Gasteiger partial charge is 0.496 e. The van der Waals surface area contributed by atoms with Gasteiger partial charge in [-0.2, -0.15) is 10.2 Å². The van der Waals surface area contributed by atoms with E-state index in [0.717, 1.165) is 14.6 Å². The Morgan fingerprint density at radius 2 is 1.91 bits per heavy atom. The van der Waals surface area contributed by atoms with Crippen LogP contribution in [-0.4, -0.2) is 42.3 Å². The lowest BCUT2D eigenvalue weighted by Crippen LogP contribution is -2.52. The summed E-state index contributed by atoms with van der Waals surface area (Å²) in [7, 11) is 1.57. The van der Waals surface area contributed by atoms with Gasteiger partial charge < -0.3 is 9.84 Å². The number of hydrogen-bond acceptors (Lipinski definition) is 7. The smallest absolute Gasteiger partial charge is 0.333 e. The van der Waals surface area contributed by atoms with Crippen molar-refractivity contribution in [1.82, 2.24) is 24.1 Å². The Balaban J connectivity index is 1.99. The molecular formula is C22H22BrN5O5S. The number of hydrogen-bond donors (Lipinski definition) is 1. The molecule has 1 N–H and O–H groups in total. The first-order valence-corrected chi connectivity index (χ1v) is 11.9. The van der Waals surface area contributed by atoms with Crippen LogP contribution in [0.15, 0.2) is 44.7 Å². The third kappa shape index (κ3) is 3.86. The Morgan fingerprint density at radius 1 is 1.24 bits per heavy atom. The van der Waals surface area contributed by atoms with Crippen LogP contribution >= 0.6 is 27.3 Å². The third-order valence-corrected chi connectivity index (χ3v) is 7.49. The topological polar surface area (TPSA) is 121 Å². The van der Waals surface area contributed by atoms with E-state index in [2.05, 4.69) is 26.1 Å².